The molecule has 0 aliphatic rings. The molecule has 0 bridgehead atoms. The van der Waals surface area contributed by atoms with Gasteiger partial charge in [0.15, 0.2) is 0 Å². The number of nitrogens with one attached hydrogen (secondary N) is 3. The summed E-state index contributed by atoms with van der Waals surface area (Å²) in [6, 6.07) is 7.41. The average molecular weight is 314 g/mol. The quantitative estimate of drug-likeness (QED) is 0.647. The summed E-state index contributed by atoms with van der Waals surface area (Å²) in [6.45, 7) is 5.20. The third-order valence-corrected chi connectivity index (χ3v) is 2.94. The molecule has 2 aromatic heterocycles. The largest absolute Gasteiger partial charge is 0.368 e. The second kappa shape index (κ2) is 8.67. The van der Waals surface area contributed by atoms with E-state index in [9.17, 15) is 4.79 Å². The third kappa shape index (κ3) is 6.29. The van der Waals surface area contributed by atoms with Gasteiger partial charge in [-0.3, -0.25) is 4.79 Å². The average Bonchev–Trinajstić information content (AvgIpc) is 2.52. The summed E-state index contributed by atoms with van der Waals surface area (Å²) in [7, 11) is 0. The van der Waals surface area contributed by atoms with Crippen LogP contribution in [-0.2, 0) is 4.79 Å². The fourth-order valence-electron chi connectivity index (χ4n) is 1.93. The summed E-state index contributed by atoms with van der Waals surface area (Å²) >= 11 is 0. The lowest BCUT2D eigenvalue weighted by molar-refractivity contribution is -0.121. The zero-order valence-electron chi connectivity index (χ0n) is 13.4. The molecular formula is C16H22N6O. The Bertz CT molecular complexity index is 617. The molecule has 0 fully saturated rings. The summed E-state index contributed by atoms with van der Waals surface area (Å²) in [6.07, 6.45) is 3.74. The molecule has 0 unspecified atom stereocenters. The number of aromatic nitrogens is 3. The number of hydrogen-bond acceptors (Lipinski definition) is 6. The zero-order chi connectivity index (χ0) is 16.5. The molecule has 0 spiro atoms. The summed E-state index contributed by atoms with van der Waals surface area (Å²) in [5.41, 5.74) is 0. The highest BCUT2D eigenvalue weighted by Crippen LogP contribution is 2.13. The van der Waals surface area contributed by atoms with Gasteiger partial charge < -0.3 is 16.0 Å². The van der Waals surface area contributed by atoms with Crippen molar-refractivity contribution < 1.29 is 4.79 Å². The van der Waals surface area contributed by atoms with Crippen LogP contribution in [0.1, 0.15) is 20.3 Å². The van der Waals surface area contributed by atoms with Crippen molar-refractivity contribution in [3.63, 3.8) is 0 Å². The van der Waals surface area contributed by atoms with Crippen LogP contribution in [0.15, 0.2) is 36.8 Å². The number of hydrogen-bond donors (Lipinski definition) is 3. The van der Waals surface area contributed by atoms with E-state index in [1.54, 1.807) is 12.3 Å². The molecule has 0 radical (unpaired) electrons. The minimum atomic E-state index is 0.0713. The van der Waals surface area contributed by atoms with E-state index < -0.39 is 0 Å². The molecule has 0 saturated heterocycles. The fourth-order valence-corrected chi connectivity index (χ4v) is 1.93. The number of carbonyl (C=O) groups excluding carboxylic acids is 1. The maximum Gasteiger partial charge on any atom is 0.220 e. The molecule has 2 aromatic rings. The molecule has 2 rings (SSSR count). The lowest BCUT2D eigenvalue weighted by Crippen LogP contribution is -2.29. The number of pyridine rings is 1. The summed E-state index contributed by atoms with van der Waals surface area (Å²) in [5.74, 6) is 2.51. The van der Waals surface area contributed by atoms with Crippen molar-refractivity contribution in [1.29, 1.82) is 0 Å². The standard InChI is InChI=1S/C16H22N6O/c1-12(2)9-16(23)19-8-7-18-14-10-15(21-11-20-14)22-13-5-3-4-6-17-13/h3-6,10-12H,7-9H2,1-2H3,(H,19,23)(H2,17,18,20,21,22). The van der Waals surface area contributed by atoms with Crippen LogP contribution in [-0.4, -0.2) is 33.9 Å². The molecule has 0 aliphatic carbocycles. The van der Waals surface area contributed by atoms with Crippen LogP contribution < -0.4 is 16.0 Å². The molecule has 23 heavy (non-hydrogen) atoms. The second-order valence-corrected chi connectivity index (χ2v) is 5.50. The number of nitrogens with zero attached hydrogens (tertiary/aromatic N) is 3. The molecule has 2 heterocycles. The maximum absolute atomic E-state index is 11.5. The van der Waals surface area contributed by atoms with Crippen LogP contribution in [0.3, 0.4) is 0 Å². The Labute approximate surface area is 136 Å². The smallest absolute Gasteiger partial charge is 0.220 e. The molecule has 0 saturated carbocycles. The SMILES string of the molecule is CC(C)CC(=O)NCCNc1cc(Nc2ccccn2)ncn1. The molecule has 0 aliphatic heterocycles. The molecule has 0 atom stereocenters. The van der Waals surface area contributed by atoms with Crippen molar-refractivity contribution in [3.8, 4) is 0 Å². The van der Waals surface area contributed by atoms with Gasteiger partial charge in [0.1, 0.15) is 23.8 Å². The van der Waals surface area contributed by atoms with Crippen LogP contribution in [0, 0.1) is 5.92 Å². The highest BCUT2D eigenvalue weighted by molar-refractivity contribution is 5.76. The minimum absolute atomic E-state index is 0.0713. The van der Waals surface area contributed by atoms with Crippen molar-refractivity contribution in [3.05, 3.63) is 36.8 Å². The van der Waals surface area contributed by atoms with Gasteiger partial charge in [-0.2, -0.15) is 0 Å². The van der Waals surface area contributed by atoms with Gasteiger partial charge in [-0.05, 0) is 18.1 Å². The highest BCUT2D eigenvalue weighted by atomic mass is 16.1. The van der Waals surface area contributed by atoms with Crippen LogP contribution in [0.2, 0.25) is 0 Å². The van der Waals surface area contributed by atoms with Gasteiger partial charge in [-0.15, -0.1) is 0 Å². The Morgan fingerprint density at radius 2 is 1.91 bits per heavy atom. The minimum Gasteiger partial charge on any atom is -0.368 e. The van der Waals surface area contributed by atoms with Crippen molar-refractivity contribution in [1.82, 2.24) is 20.3 Å². The number of amides is 1. The molecule has 3 N–H and O–H groups in total. The lowest BCUT2D eigenvalue weighted by Gasteiger charge is -2.09. The first-order valence-corrected chi connectivity index (χ1v) is 7.64. The first kappa shape index (κ1) is 16.7. The number of rotatable bonds is 8. The van der Waals surface area contributed by atoms with Crippen LogP contribution in [0.25, 0.3) is 0 Å². The predicted octanol–water partition coefficient (Wildman–Crippen LogP) is 2.19. The Kier molecular flexibility index (Phi) is 6.28. The second-order valence-electron chi connectivity index (χ2n) is 5.50. The molecule has 122 valence electrons. The Balaban J connectivity index is 1.78. The lowest BCUT2D eigenvalue weighted by atomic mass is 10.1. The van der Waals surface area contributed by atoms with Gasteiger partial charge in [0.05, 0.1) is 0 Å². The first-order valence-electron chi connectivity index (χ1n) is 7.64. The monoisotopic (exact) mass is 314 g/mol. The topological polar surface area (TPSA) is 91.8 Å². The zero-order valence-corrected chi connectivity index (χ0v) is 13.4. The molecule has 7 heteroatoms. The molecule has 7 nitrogen and oxygen atoms in total. The van der Waals surface area contributed by atoms with Gasteiger partial charge in [0.25, 0.3) is 0 Å². The normalized spacial score (nSPS) is 10.4. The van der Waals surface area contributed by atoms with E-state index in [1.165, 1.54) is 6.33 Å². The summed E-state index contributed by atoms with van der Waals surface area (Å²) < 4.78 is 0. The Morgan fingerprint density at radius 1 is 1.09 bits per heavy atom. The van der Waals surface area contributed by atoms with E-state index in [1.807, 2.05) is 32.0 Å². The molecule has 1 amide bonds. The van der Waals surface area contributed by atoms with Gasteiger partial charge in [-0.25, -0.2) is 15.0 Å². The summed E-state index contributed by atoms with van der Waals surface area (Å²) in [5, 5.41) is 9.12. The van der Waals surface area contributed by atoms with E-state index in [2.05, 4.69) is 30.9 Å². The van der Waals surface area contributed by atoms with E-state index in [0.29, 0.717) is 37.1 Å². The number of carbonyl (C=O) groups is 1. The van der Waals surface area contributed by atoms with Crippen LogP contribution in [0.4, 0.5) is 17.5 Å². The van der Waals surface area contributed by atoms with Crippen molar-refractivity contribution in [2.45, 2.75) is 20.3 Å². The molecule has 0 aromatic carbocycles. The molecular weight excluding hydrogens is 292 g/mol. The van der Waals surface area contributed by atoms with Gasteiger partial charge in [0, 0.05) is 31.8 Å². The van der Waals surface area contributed by atoms with Crippen molar-refractivity contribution in [2.24, 2.45) is 5.92 Å². The highest BCUT2D eigenvalue weighted by Gasteiger charge is 2.04. The predicted molar refractivity (Wildman–Crippen MR) is 90.5 cm³/mol. The van der Waals surface area contributed by atoms with E-state index >= 15 is 0 Å². The van der Waals surface area contributed by atoms with Crippen LogP contribution in [0.5, 0.6) is 0 Å². The maximum atomic E-state index is 11.5. The third-order valence-electron chi connectivity index (χ3n) is 2.94. The number of anilines is 3. The Hall–Kier alpha value is -2.70. The first-order chi connectivity index (χ1) is 11.1. The van der Waals surface area contributed by atoms with Gasteiger partial charge in [-0.1, -0.05) is 19.9 Å². The van der Waals surface area contributed by atoms with E-state index in [0.717, 1.165) is 5.82 Å². The van der Waals surface area contributed by atoms with Gasteiger partial charge >= 0.3 is 0 Å². The van der Waals surface area contributed by atoms with E-state index in [4.69, 9.17) is 0 Å². The van der Waals surface area contributed by atoms with Crippen molar-refractivity contribution >= 4 is 23.4 Å². The van der Waals surface area contributed by atoms with Gasteiger partial charge in [0.2, 0.25) is 5.91 Å². The fraction of sp³-hybridized carbons (Fsp3) is 0.375. The van der Waals surface area contributed by atoms with E-state index in [-0.39, 0.29) is 5.91 Å². The Morgan fingerprint density at radius 3 is 2.65 bits per heavy atom. The summed E-state index contributed by atoms with van der Waals surface area (Å²) in [4.78, 5) is 24.0. The van der Waals surface area contributed by atoms with Crippen LogP contribution >= 0.6 is 0 Å². The van der Waals surface area contributed by atoms with Crippen molar-refractivity contribution in [2.75, 3.05) is 23.7 Å².